The number of aromatic nitrogens is 1. The van der Waals surface area contributed by atoms with Crippen molar-refractivity contribution in [2.45, 2.75) is 39.7 Å². The Bertz CT molecular complexity index is 584. The van der Waals surface area contributed by atoms with Gasteiger partial charge in [0.05, 0.1) is 0 Å². The van der Waals surface area contributed by atoms with Gasteiger partial charge in [-0.1, -0.05) is 20.8 Å². The molecule has 0 aliphatic heterocycles. The van der Waals surface area contributed by atoms with Gasteiger partial charge in [0.25, 0.3) is 11.5 Å². The molecule has 1 rings (SSSR count). The van der Waals surface area contributed by atoms with Gasteiger partial charge in [0, 0.05) is 13.2 Å². The third-order valence-electron chi connectivity index (χ3n) is 3.15. The highest BCUT2D eigenvalue weighted by Crippen LogP contribution is 2.21. The largest absolute Gasteiger partial charge is 0.480 e. The van der Waals surface area contributed by atoms with Crippen LogP contribution in [0.3, 0.4) is 0 Å². The van der Waals surface area contributed by atoms with Gasteiger partial charge in [-0.2, -0.15) is 0 Å². The smallest absolute Gasteiger partial charge is 0.326 e. The van der Waals surface area contributed by atoms with Gasteiger partial charge in [0.15, 0.2) is 0 Å². The molecule has 1 heterocycles. The zero-order chi connectivity index (χ0) is 16.2. The number of rotatable bonds is 5. The van der Waals surface area contributed by atoms with Crippen LogP contribution in [0.4, 0.5) is 0 Å². The summed E-state index contributed by atoms with van der Waals surface area (Å²) in [4.78, 5) is 35.1. The molecule has 2 N–H and O–H groups in total. The fourth-order valence-electron chi connectivity index (χ4n) is 1.84. The molecule has 0 aliphatic rings. The number of pyridine rings is 1. The number of hydrogen-bond acceptors (Lipinski definition) is 3. The van der Waals surface area contributed by atoms with Crippen molar-refractivity contribution in [1.82, 2.24) is 9.88 Å². The van der Waals surface area contributed by atoms with Crippen LogP contribution in [0.2, 0.25) is 0 Å². The Hall–Kier alpha value is -2.11. The summed E-state index contributed by atoms with van der Waals surface area (Å²) in [5.41, 5.74) is -0.529. The van der Waals surface area contributed by atoms with Crippen LogP contribution in [0.1, 0.15) is 44.0 Å². The van der Waals surface area contributed by atoms with Crippen molar-refractivity contribution in [2.75, 3.05) is 0 Å². The molecule has 1 amide bonds. The topological polar surface area (TPSA) is 88.4 Å². The van der Waals surface area contributed by atoms with E-state index in [-0.39, 0.29) is 11.0 Å². The summed E-state index contributed by atoms with van der Waals surface area (Å²) in [6, 6.07) is 1.96. The van der Waals surface area contributed by atoms with Crippen LogP contribution in [0.25, 0.3) is 0 Å². The molecule has 116 valence electrons. The maximum atomic E-state index is 12.1. The van der Waals surface area contributed by atoms with E-state index in [1.807, 2.05) is 20.8 Å². The maximum absolute atomic E-state index is 12.1. The first-order valence-electron chi connectivity index (χ1n) is 6.81. The Balaban J connectivity index is 2.84. The Morgan fingerprint density at radius 3 is 2.52 bits per heavy atom. The van der Waals surface area contributed by atoms with Crippen molar-refractivity contribution in [3.8, 4) is 0 Å². The lowest BCUT2D eigenvalue weighted by Gasteiger charge is -2.21. The average molecular weight is 294 g/mol. The number of amides is 1. The minimum absolute atomic E-state index is 0.0265. The highest BCUT2D eigenvalue weighted by Gasteiger charge is 2.24. The normalized spacial score (nSPS) is 12.8. The number of carbonyl (C=O) groups excluding carboxylic acids is 1. The van der Waals surface area contributed by atoms with Crippen molar-refractivity contribution in [1.29, 1.82) is 0 Å². The van der Waals surface area contributed by atoms with E-state index in [1.54, 1.807) is 6.07 Å². The molecule has 0 aliphatic carbocycles. The molecule has 1 aromatic heterocycles. The van der Waals surface area contributed by atoms with Crippen LogP contribution in [0.15, 0.2) is 23.1 Å². The lowest BCUT2D eigenvalue weighted by molar-refractivity contribution is -0.139. The standard InChI is InChI=1S/C15H22N2O4/c1-15(2,3)8-7-11(14(20)21)16-12(18)10-6-5-9-17(4)13(10)19/h5-6,9,11H,7-8H2,1-4H3,(H,16,18)(H,20,21). The van der Waals surface area contributed by atoms with Gasteiger partial charge in [-0.15, -0.1) is 0 Å². The highest BCUT2D eigenvalue weighted by molar-refractivity contribution is 5.96. The minimum atomic E-state index is -1.10. The molecular formula is C15H22N2O4. The number of aliphatic carboxylic acids is 1. The summed E-state index contributed by atoms with van der Waals surface area (Å²) in [6.45, 7) is 6.00. The van der Waals surface area contributed by atoms with Crippen LogP contribution < -0.4 is 10.9 Å². The molecule has 0 bridgehead atoms. The van der Waals surface area contributed by atoms with Gasteiger partial charge < -0.3 is 15.0 Å². The van der Waals surface area contributed by atoms with Crippen LogP contribution in [0.5, 0.6) is 0 Å². The van der Waals surface area contributed by atoms with E-state index in [4.69, 9.17) is 0 Å². The zero-order valence-corrected chi connectivity index (χ0v) is 12.8. The van der Waals surface area contributed by atoms with Crippen LogP contribution in [-0.4, -0.2) is 27.6 Å². The number of nitrogens with one attached hydrogen (secondary N) is 1. The average Bonchev–Trinajstić information content (AvgIpc) is 2.36. The van der Waals surface area contributed by atoms with Gasteiger partial charge in [-0.05, 0) is 30.4 Å². The molecule has 0 aromatic carbocycles. The number of carboxylic acids is 1. The molecule has 0 fully saturated rings. The van der Waals surface area contributed by atoms with Crippen molar-refractivity contribution in [3.05, 3.63) is 34.2 Å². The Labute approximate surface area is 123 Å². The molecular weight excluding hydrogens is 272 g/mol. The third kappa shape index (κ3) is 5.06. The summed E-state index contributed by atoms with van der Waals surface area (Å²) >= 11 is 0. The molecule has 0 spiro atoms. The van der Waals surface area contributed by atoms with Gasteiger partial charge in [0.1, 0.15) is 11.6 Å². The number of carbonyl (C=O) groups is 2. The Morgan fingerprint density at radius 2 is 2.00 bits per heavy atom. The minimum Gasteiger partial charge on any atom is -0.480 e. The Morgan fingerprint density at radius 1 is 1.38 bits per heavy atom. The van der Waals surface area contributed by atoms with Crippen LogP contribution in [-0.2, 0) is 11.8 Å². The SMILES string of the molecule is Cn1cccc(C(=O)NC(CCC(C)(C)C)C(=O)O)c1=O. The highest BCUT2D eigenvalue weighted by atomic mass is 16.4. The lowest BCUT2D eigenvalue weighted by Crippen LogP contribution is -2.43. The molecule has 6 heteroatoms. The molecule has 0 radical (unpaired) electrons. The second kappa shape index (κ2) is 6.56. The molecule has 6 nitrogen and oxygen atoms in total. The number of nitrogens with zero attached hydrogens (tertiary/aromatic N) is 1. The second-order valence-electron chi connectivity index (χ2n) is 6.30. The van der Waals surface area contributed by atoms with Crippen LogP contribution in [0, 0.1) is 5.41 Å². The predicted molar refractivity (Wildman–Crippen MR) is 79.3 cm³/mol. The molecule has 21 heavy (non-hydrogen) atoms. The first-order chi connectivity index (χ1) is 9.61. The molecule has 0 saturated carbocycles. The molecule has 0 saturated heterocycles. The van der Waals surface area contributed by atoms with E-state index in [0.717, 1.165) is 0 Å². The zero-order valence-electron chi connectivity index (χ0n) is 12.8. The van der Waals surface area contributed by atoms with Crippen molar-refractivity contribution in [3.63, 3.8) is 0 Å². The van der Waals surface area contributed by atoms with E-state index < -0.39 is 23.5 Å². The van der Waals surface area contributed by atoms with Crippen molar-refractivity contribution < 1.29 is 14.7 Å². The molecule has 1 aromatic rings. The van der Waals surface area contributed by atoms with Crippen molar-refractivity contribution in [2.24, 2.45) is 12.5 Å². The van der Waals surface area contributed by atoms with E-state index in [2.05, 4.69) is 5.32 Å². The van der Waals surface area contributed by atoms with E-state index in [0.29, 0.717) is 12.8 Å². The van der Waals surface area contributed by atoms with E-state index >= 15 is 0 Å². The maximum Gasteiger partial charge on any atom is 0.326 e. The third-order valence-corrected chi connectivity index (χ3v) is 3.15. The lowest BCUT2D eigenvalue weighted by atomic mass is 9.88. The first-order valence-corrected chi connectivity index (χ1v) is 6.81. The summed E-state index contributed by atoms with van der Waals surface area (Å²) in [5.74, 6) is -1.75. The van der Waals surface area contributed by atoms with Crippen LogP contribution >= 0.6 is 0 Å². The van der Waals surface area contributed by atoms with Gasteiger partial charge in [-0.3, -0.25) is 9.59 Å². The second-order valence-corrected chi connectivity index (χ2v) is 6.30. The fraction of sp³-hybridized carbons (Fsp3) is 0.533. The van der Waals surface area contributed by atoms with Crippen molar-refractivity contribution >= 4 is 11.9 Å². The summed E-state index contributed by atoms with van der Waals surface area (Å²) < 4.78 is 1.28. The summed E-state index contributed by atoms with van der Waals surface area (Å²) in [5, 5.41) is 11.6. The number of carboxylic acid groups (broad SMARTS) is 1. The summed E-state index contributed by atoms with van der Waals surface area (Å²) in [7, 11) is 1.54. The van der Waals surface area contributed by atoms with Gasteiger partial charge >= 0.3 is 5.97 Å². The Kier molecular flexibility index (Phi) is 5.29. The molecule has 1 atom stereocenters. The first kappa shape index (κ1) is 16.9. The predicted octanol–water partition coefficient (Wildman–Crippen LogP) is 1.39. The quantitative estimate of drug-likeness (QED) is 0.859. The monoisotopic (exact) mass is 294 g/mol. The fourth-order valence-corrected chi connectivity index (χ4v) is 1.84. The van der Waals surface area contributed by atoms with Gasteiger partial charge in [-0.25, -0.2) is 4.79 Å². The summed E-state index contributed by atoms with van der Waals surface area (Å²) in [6.07, 6.45) is 2.50. The number of aryl methyl sites for hydroxylation is 1. The molecule has 1 unspecified atom stereocenters. The number of hydrogen-bond donors (Lipinski definition) is 2. The van der Waals surface area contributed by atoms with E-state index in [1.165, 1.54) is 23.9 Å². The van der Waals surface area contributed by atoms with E-state index in [9.17, 15) is 19.5 Å². The van der Waals surface area contributed by atoms with Gasteiger partial charge in [0.2, 0.25) is 0 Å².